The fourth-order valence-corrected chi connectivity index (χ4v) is 0.986. The summed E-state index contributed by atoms with van der Waals surface area (Å²) in [4.78, 5) is 4.10. The van der Waals surface area contributed by atoms with Crippen LogP contribution >= 0.6 is 0 Å². The highest BCUT2D eigenvalue weighted by Gasteiger charge is 2.25. The van der Waals surface area contributed by atoms with Crippen LogP contribution in [0.4, 0.5) is 5.69 Å². The molecule has 0 unspecified atom stereocenters. The Morgan fingerprint density at radius 2 is 2.23 bits per heavy atom. The largest absolute Gasteiger partial charge is 0.481 e. The molecule has 2 rings (SSSR count). The molecule has 13 heavy (non-hydrogen) atoms. The maximum absolute atomic E-state index is 5.68. The second-order valence-electron chi connectivity index (χ2n) is 3.07. The third-order valence-corrected chi connectivity index (χ3v) is 1.88. The van der Waals surface area contributed by atoms with Gasteiger partial charge in [0, 0.05) is 6.07 Å². The summed E-state index contributed by atoms with van der Waals surface area (Å²) in [5.74, 6) is 1.02. The molecule has 0 atom stereocenters. The summed E-state index contributed by atoms with van der Waals surface area (Å²) in [5, 5.41) is 0. The van der Waals surface area contributed by atoms with Crippen LogP contribution in [0.2, 0.25) is 0 Å². The predicted octanol–water partition coefficient (Wildman–Crippen LogP) is 1.21. The van der Waals surface area contributed by atoms with E-state index in [2.05, 4.69) is 4.98 Å². The van der Waals surface area contributed by atoms with Crippen molar-refractivity contribution in [1.29, 1.82) is 0 Å². The van der Waals surface area contributed by atoms with Crippen LogP contribution in [-0.4, -0.2) is 18.2 Å². The monoisotopic (exact) mass is 180 g/mol. The van der Waals surface area contributed by atoms with Gasteiger partial charge in [0.15, 0.2) is 0 Å². The van der Waals surface area contributed by atoms with E-state index in [4.69, 9.17) is 15.2 Å². The highest BCUT2D eigenvalue weighted by atomic mass is 16.5. The molecule has 0 amide bonds. The lowest BCUT2D eigenvalue weighted by Gasteiger charge is -2.07. The predicted molar refractivity (Wildman–Crippen MR) is 48.9 cm³/mol. The van der Waals surface area contributed by atoms with Crippen molar-refractivity contribution in [2.75, 3.05) is 12.8 Å². The molecule has 1 aromatic rings. The second-order valence-corrected chi connectivity index (χ2v) is 3.07. The number of nitrogens with two attached hydrogens (primary N) is 1. The topological polar surface area (TPSA) is 57.4 Å². The van der Waals surface area contributed by atoms with Gasteiger partial charge in [-0.2, -0.15) is 4.98 Å². The average Bonchev–Trinajstić information content (AvgIpc) is 2.93. The van der Waals surface area contributed by atoms with Gasteiger partial charge < -0.3 is 15.2 Å². The van der Waals surface area contributed by atoms with E-state index in [-0.39, 0.29) is 0 Å². The third kappa shape index (κ3) is 1.83. The van der Waals surface area contributed by atoms with Crippen LogP contribution in [0.1, 0.15) is 12.8 Å². The highest BCUT2D eigenvalue weighted by molar-refractivity contribution is 5.49. The number of methoxy groups -OCH3 is 1. The first-order valence-corrected chi connectivity index (χ1v) is 4.27. The van der Waals surface area contributed by atoms with Crippen molar-refractivity contribution in [3.05, 3.63) is 12.1 Å². The zero-order chi connectivity index (χ0) is 9.26. The van der Waals surface area contributed by atoms with Gasteiger partial charge in [-0.3, -0.25) is 0 Å². The quantitative estimate of drug-likeness (QED) is 0.759. The summed E-state index contributed by atoms with van der Waals surface area (Å²) in [6, 6.07) is 3.46. The lowest BCUT2D eigenvalue weighted by atomic mass is 10.4. The summed E-state index contributed by atoms with van der Waals surface area (Å²) < 4.78 is 10.4. The van der Waals surface area contributed by atoms with Crippen molar-refractivity contribution in [3.63, 3.8) is 0 Å². The number of anilines is 1. The van der Waals surface area contributed by atoms with Crippen molar-refractivity contribution in [1.82, 2.24) is 4.98 Å². The fraction of sp³-hybridized carbons (Fsp3) is 0.444. The van der Waals surface area contributed by atoms with Crippen LogP contribution < -0.4 is 15.2 Å². The Labute approximate surface area is 76.7 Å². The van der Waals surface area contributed by atoms with E-state index in [0.717, 1.165) is 12.8 Å². The molecule has 1 aromatic heterocycles. The van der Waals surface area contributed by atoms with Crippen molar-refractivity contribution in [2.24, 2.45) is 0 Å². The minimum atomic E-state index is 0.307. The van der Waals surface area contributed by atoms with E-state index in [9.17, 15) is 0 Å². The van der Waals surface area contributed by atoms with Gasteiger partial charge in [0.2, 0.25) is 11.8 Å². The van der Waals surface area contributed by atoms with Gasteiger partial charge in [0.25, 0.3) is 0 Å². The maximum atomic E-state index is 5.68. The summed E-state index contributed by atoms with van der Waals surface area (Å²) >= 11 is 0. The molecule has 0 bridgehead atoms. The molecule has 4 heteroatoms. The molecule has 1 saturated carbocycles. The molecule has 0 saturated heterocycles. The van der Waals surface area contributed by atoms with Crippen LogP contribution in [0, 0.1) is 0 Å². The lowest BCUT2D eigenvalue weighted by molar-refractivity contribution is 0.286. The van der Waals surface area contributed by atoms with Crippen molar-refractivity contribution >= 4 is 5.69 Å². The molecular weight excluding hydrogens is 168 g/mol. The fourth-order valence-electron chi connectivity index (χ4n) is 0.986. The highest BCUT2D eigenvalue weighted by Crippen LogP contribution is 2.30. The van der Waals surface area contributed by atoms with Crippen molar-refractivity contribution in [2.45, 2.75) is 18.9 Å². The molecule has 0 aromatic carbocycles. The average molecular weight is 180 g/mol. The number of ether oxygens (including phenoxy) is 2. The van der Waals surface area contributed by atoms with Gasteiger partial charge in [-0.1, -0.05) is 0 Å². The Morgan fingerprint density at radius 3 is 2.85 bits per heavy atom. The minimum absolute atomic E-state index is 0.307. The molecule has 1 aliphatic rings. The van der Waals surface area contributed by atoms with Crippen LogP contribution in [0.3, 0.4) is 0 Å². The summed E-state index contributed by atoms with van der Waals surface area (Å²) in [6.45, 7) is 0. The number of pyridine rings is 1. The number of hydrogen-bond donors (Lipinski definition) is 1. The first kappa shape index (κ1) is 8.16. The Hall–Kier alpha value is -1.45. The van der Waals surface area contributed by atoms with Crippen LogP contribution in [-0.2, 0) is 0 Å². The summed E-state index contributed by atoms with van der Waals surface area (Å²) in [7, 11) is 1.57. The molecule has 1 fully saturated rings. The standard InChI is InChI=1S/C9H12N2O2/c1-12-8-5-4-7(10)9(11-8)13-6-2-3-6/h4-6H,2-3,10H2,1H3. The van der Waals surface area contributed by atoms with E-state index in [1.165, 1.54) is 0 Å². The van der Waals surface area contributed by atoms with Crippen molar-refractivity contribution in [3.8, 4) is 11.8 Å². The zero-order valence-corrected chi connectivity index (χ0v) is 7.49. The van der Waals surface area contributed by atoms with Gasteiger partial charge in [-0.25, -0.2) is 0 Å². The first-order valence-electron chi connectivity index (χ1n) is 4.27. The Kier molecular flexibility index (Phi) is 1.96. The molecule has 0 radical (unpaired) electrons. The molecule has 0 spiro atoms. The van der Waals surface area contributed by atoms with E-state index in [0.29, 0.717) is 23.6 Å². The van der Waals surface area contributed by atoms with E-state index in [1.54, 1.807) is 19.2 Å². The number of nitrogens with zero attached hydrogens (tertiary/aromatic N) is 1. The number of nitrogen functional groups attached to an aromatic ring is 1. The lowest BCUT2D eigenvalue weighted by Crippen LogP contribution is -2.02. The van der Waals surface area contributed by atoms with Crippen molar-refractivity contribution < 1.29 is 9.47 Å². The van der Waals surface area contributed by atoms with Crippen LogP contribution in [0.15, 0.2) is 12.1 Å². The van der Waals surface area contributed by atoms with Gasteiger partial charge in [-0.15, -0.1) is 0 Å². The maximum Gasteiger partial charge on any atom is 0.240 e. The molecule has 0 aliphatic heterocycles. The Bertz CT molecular complexity index is 310. The third-order valence-electron chi connectivity index (χ3n) is 1.88. The smallest absolute Gasteiger partial charge is 0.240 e. The molecule has 1 aliphatic carbocycles. The van der Waals surface area contributed by atoms with E-state index < -0.39 is 0 Å². The van der Waals surface area contributed by atoms with Gasteiger partial charge in [0.1, 0.15) is 6.10 Å². The van der Waals surface area contributed by atoms with Gasteiger partial charge in [0.05, 0.1) is 12.8 Å². The van der Waals surface area contributed by atoms with Crippen LogP contribution in [0.5, 0.6) is 11.8 Å². The van der Waals surface area contributed by atoms with Gasteiger partial charge >= 0.3 is 0 Å². The molecular formula is C9H12N2O2. The molecule has 70 valence electrons. The Morgan fingerprint density at radius 1 is 1.46 bits per heavy atom. The number of rotatable bonds is 3. The molecule has 2 N–H and O–H groups in total. The Balaban J connectivity index is 2.19. The summed E-state index contributed by atoms with van der Waals surface area (Å²) in [6.07, 6.45) is 2.50. The normalized spacial score (nSPS) is 15.5. The SMILES string of the molecule is COc1ccc(N)c(OC2CC2)n1. The summed E-state index contributed by atoms with van der Waals surface area (Å²) in [5.41, 5.74) is 6.24. The second kappa shape index (κ2) is 3.12. The van der Waals surface area contributed by atoms with E-state index >= 15 is 0 Å². The van der Waals surface area contributed by atoms with Gasteiger partial charge in [-0.05, 0) is 18.9 Å². The zero-order valence-electron chi connectivity index (χ0n) is 7.49. The molecule has 4 nitrogen and oxygen atoms in total. The molecule has 1 heterocycles. The van der Waals surface area contributed by atoms with E-state index in [1.807, 2.05) is 0 Å². The first-order chi connectivity index (χ1) is 6.29. The van der Waals surface area contributed by atoms with Crippen LogP contribution in [0.25, 0.3) is 0 Å². The minimum Gasteiger partial charge on any atom is -0.481 e. The number of aromatic nitrogens is 1. The number of hydrogen-bond acceptors (Lipinski definition) is 4.